The first-order chi connectivity index (χ1) is 3.91. The molecule has 0 unspecified atom stereocenters. The molecule has 2 heteroatoms. The molecule has 0 saturated carbocycles. The molecule has 0 atom stereocenters. The number of hydrogen-bond donors (Lipinski definition) is 0. The molecular weight excluding hydrogens is 136 g/mol. The lowest BCUT2D eigenvalue weighted by Crippen LogP contribution is -1.87. The second kappa shape index (κ2) is 7.51. The van der Waals surface area contributed by atoms with Gasteiger partial charge in [0, 0.05) is 15.4 Å². The Kier molecular flexibility index (Phi) is 7.98. The molecule has 0 N–H and O–H groups in total. The highest BCUT2D eigenvalue weighted by Crippen LogP contribution is 1.95. The third kappa shape index (κ3) is 6.51. The topological polar surface area (TPSA) is 0 Å². The molecule has 0 amide bonds. The maximum Gasteiger partial charge on any atom is 0.0220 e. The molecule has 0 aromatic carbocycles. The molecule has 0 aromatic heterocycles. The highest BCUT2D eigenvalue weighted by molar-refractivity contribution is 6.35. The van der Waals surface area contributed by atoms with Gasteiger partial charge in [0.15, 0.2) is 0 Å². The minimum atomic E-state index is 0.316. The van der Waals surface area contributed by atoms with E-state index in [1.165, 1.54) is 24.9 Å². The van der Waals surface area contributed by atoms with Gasteiger partial charge in [-0.05, 0) is 6.42 Å². The van der Waals surface area contributed by atoms with Gasteiger partial charge in [-0.25, -0.2) is 0 Å². The van der Waals surface area contributed by atoms with E-state index in [1.807, 2.05) is 0 Å². The molecule has 0 aliphatic carbocycles. The van der Waals surface area contributed by atoms with Crippen LogP contribution in [0.2, 0.25) is 12.1 Å². The lowest BCUT2D eigenvalue weighted by Gasteiger charge is -1.91. The average molecular weight is 151 g/mol. The van der Waals surface area contributed by atoms with Crippen LogP contribution in [0.5, 0.6) is 0 Å². The van der Waals surface area contributed by atoms with Gasteiger partial charge in [-0.1, -0.05) is 25.4 Å². The fraction of sp³-hybridized carbons (Fsp3) is 1.00. The maximum atomic E-state index is 5.50. The van der Waals surface area contributed by atoms with Gasteiger partial charge in [-0.2, -0.15) is 0 Å². The molecular formula is C6H15ClSi. The zero-order chi connectivity index (χ0) is 6.24. The summed E-state index contributed by atoms with van der Waals surface area (Å²) in [6, 6.07) is 2.97. The summed E-state index contributed by atoms with van der Waals surface area (Å²) >= 11 is 5.50. The van der Waals surface area contributed by atoms with Crippen molar-refractivity contribution in [2.45, 2.75) is 31.9 Å². The Labute approximate surface area is 59.4 Å². The molecule has 0 aliphatic rings. The van der Waals surface area contributed by atoms with E-state index >= 15 is 0 Å². The lowest BCUT2D eigenvalue weighted by atomic mass is 10.6. The van der Waals surface area contributed by atoms with Gasteiger partial charge >= 0.3 is 0 Å². The third-order valence-corrected chi connectivity index (χ3v) is 3.71. The molecule has 0 nitrogen and oxygen atoms in total. The van der Waals surface area contributed by atoms with Crippen LogP contribution in [0.25, 0.3) is 0 Å². The number of alkyl halides is 1. The zero-order valence-corrected chi connectivity index (χ0v) is 7.79. The molecule has 0 aromatic rings. The summed E-state index contributed by atoms with van der Waals surface area (Å²) in [6.45, 7) is 2.26. The smallest absolute Gasteiger partial charge is 0.0220 e. The molecule has 0 spiro atoms. The van der Waals surface area contributed by atoms with Crippen LogP contribution in [0.4, 0.5) is 0 Å². The molecule has 0 heterocycles. The van der Waals surface area contributed by atoms with E-state index < -0.39 is 0 Å². The first-order valence-corrected chi connectivity index (χ1v) is 6.01. The molecule has 0 radical (unpaired) electrons. The van der Waals surface area contributed by atoms with Crippen molar-refractivity contribution in [2.24, 2.45) is 0 Å². The van der Waals surface area contributed by atoms with Crippen LogP contribution in [0.1, 0.15) is 19.8 Å². The quantitative estimate of drug-likeness (QED) is 0.320. The van der Waals surface area contributed by atoms with Crippen molar-refractivity contribution < 1.29 is 0 Å². The van der Waals surface area contributed by atoms with Crippen molar-refractivity contribution in [1.82, 2.24) is 0 Å². The Bertz CT molecular complexity index is 33.5. The minimum absolute atomic E-state index is 0.316. The highest BCUT2D eigenvalue weighted by Gasteiger charge is 1.85. The van der Waals surface area contributed by atoms with Gasteiger partial charge in [-0.3, -0.25) is 0 Å². The van der Waals surface area contributed by atoms with Crippen LogP contribution >= 0.6 is 11.6 Å². The third-order valence-electron chi connectivity index (χ3n) is 1.24. The molecule has 8 heavy (non-hydrogen) atoms. The summed E-state index contributed by atoms with van der Waals surface area (Å²) in [5, 5.41) is 0. The summed E-state index contributed by atoms with van der Waals surface area (Å²) in [4.78, 5) is 0. The van der Waals surface area contributed by atoms with Crippen LogP contribution in [0, 0.1) is 0 Å². The average Bonchev–Trinajstić information content (AvgIpc) is 1.81. The Balaban J connectivity index is 2.53. The fourth-order valence-electron chi connectivity index (χ4n) is 0.698. The van der Waals surface area contributed by atoms with Crippen LogP contribution in [0.3, 0.4) is 0 Å². The minimum Gasteiger partial charge on any atom is -0.127 e. The summed E-state index contributed by atoms with van der Waals surface area (Å²) < 4.78 is 0. The van der Waals surface area contributed by atoms with Gasteiger partial charge in [0.1, 0.15) is 0 Å². The Morgan fingerprint density at radius 3 is 2.62 bits per heavy atom. The van der Waals surface area contributed by atoms with E-state index in [0.29, 0.717) is 9.52 Å². The van der Waals surface area contributed by atoms with E-state index in [1.54, 1.807) is 0 Å². The SMILES string of the molecule is CCC[SiH2]CCCCl. The summed E-state index contributed by atoms with van der Waals surface area (Å²) in [7, 11) is 0.316. The monoisotopic (exact) mass is 150 g/mol. The van der Waals surface area contributed by atoms with Crippen molar-refractivity contribution in [3.8, 4) is 0 Å². The van der Waals surface area contributed by atoms with E-state index in [0.717, 1.165) is 5.88 Å². The predicted molar refractivity (Wildman–Crippen MR) is 43.8 cm³/mol. The number of hydrogen-bond acceptors (Lipinski definition) is 0. The van der Waals surface area contributed by atoms with Gasteiger partial charge in [0.05, 0.1) is 0 Å². The highest BCUT2D eigenvalue weighted by atomic mass is 35.5. The fourth-order valence-corrected chi connectivity index (χ4v) is 2.66. The van der Waals surface area contributed by atoms with Gasteiger partial charge in [0.2, 0.25) is 0 Å². The predicted octanol–water partition coefficient (Wildman–Crippen LogP) is 2.03. The van der Waals surface area contributed by atoms with E-state index in [2.05, 4.69) is 6.92 Å². The second-order valence-corrected chi connectivity index (χ2v) is 4.60. The van der Waals surface area contributed by atoms with Gasteiger partial charge in [0.25, 0.3) is 0 Å². The maximum absolute atomic E-state index is 5.50. The largest absolute Gasteiger partial charge is 0.127 e. The normalized spacial score (nSPS) is 11.2. The van der Waals surface area contributed by atoms with E-state index in [-0.39, 0.29) is 0 Å². The summed E-state index contributed by atoms with van der Waals surface area (Å²) in [6.07, 6.45) is 2.64. The summed E-state index contributed by atoms with van der Waals surface area (Å²) in [5.41, 5.74) is 0. The second-order valence-electron chi connectivity index (χ2n) is 2.10. The lowest BCUT2D eigenvalue weighted by molar-refractivity contribution is 1.03. The van der Waals surface area contributed by atoms with Gasteiger partial charge < -0.3 is 0 Å². The Morgan fingerprint density at radius 1 is 1.38 bits per heavy atom. The molecule has 0 aliphatic heterocycles. The first kappa shape index (κ1) is 8.51. The van der Waals surface area contributed by atoms with E-state index in [9.17, 15) is 0 Å². The Morgan fingerprint density at radius 2 is 2.12 bits per heavy atom. The van der Waals surface area contributed by atoms with Crippen LogP contribution in [-0.4, -0.2) is 15.4 Å². The summed E-state index contributed by atoms with van der Waals surface area (Å²) in [5.74, 6) is 0.872. The molecule has 0 rings (SSSR count). The number of halogens is 1. The van der Waals surface area contributed by atoms with Crippen LogP contribution in [0.15, 0.2) is 0 Å². The van der Waals surface area contributed by atoms with Crippen molar-refractivity contribution in [3.05, 3.63) is 0 Å². The van der Waals surface area contributed by atoms with E-state index in [4.69, 9.17) is 11.6 Å². The molecule has 0 fully saturated rings. The zero-order valence-electron chi connectivity index (χ0n) is 5.62. The van der Waals surface area contributed by atoms with Crippen molar-refractivity contribution in [2.75, 3.05) is 5.88 Å². The van der Waals surface area contributed by atoms with Crippen molar-refractivity contribution >= 4 is 21.1 Å². The molecule has 50 valence electrons. The van der Waals surface area contributed by atoms with Crippen molar-refractivity contribution in [1.29, 1.82) is 0 Å². The Hall–Kier alpha value is 0.507. The molecule has 0 saturated heterocycles. The number of rotatable bonds is 5. The standard InChI is InChI=1S/C6H15ClSi/c1-2-5-8-6-3-4-7/h2-6,8H2,1H3. The van der Waals surface area contributed by atoms with Crippen molar-refractivity contribution in [3.63, 3.8) is 0 Å². The van der Waals surface area contributed by atoms with Crippen LogP contribution in [-0.2, 0) is 0 Å². The molecule has 0 bridgehead atoms. The first-order valence-electron chi connectivity index (χ1n) is 3.47. The van der Waals surface area contributed by atoms with Crippen LogP contribution < -0.4 is 0 Å². The van der Waals surface area contributed by atoms with Gasteiger partial charge in [-0.15, -0.1) is 11.6 Å².